The Labute approximate surface area is 128 Å². The summed E-state index contributed by atoms with van der Waals surface area (Å²) in [4.78, 5) is 0. The van der Waals surface area contributed by atoms with Gasteiger partial charge in [-0.05, 0) is 37.4 Å². The highest BCUT2D eigenvalue weighted by atomic mass is 32.2. The van der Waals surface area contributed by atoms with Gasteiger partial charge in [-0.25, -0.2) is 0 Å². The quantitative estimate of drug-likeness (QED) is 0.761. The molecule has 1 nitrogen and oxygen atoms in total. The van der Waals surface area contributed by atoms with Crippen molar-refractivity contribution in [3.63, 3.8) is 0 Å². The Morgan fingerprint density at radius 3 is 2.75 bits per heavy atom. The van der Waals surface area contributed by atoms with Crippen molar-refractivity contribution in [2.45, 2.75) is 63.2 Å². The largest absolute Gasteiger partial charge is 0.312 e. The smallest absolute Gasteiger partial charge is 0.0409 e. The molecule has 0 spiro atoms. The maximum absolute atomic E-state index is 3.51. The maximum atomic E-state index is 3.51. The third-order valence-corrected chi connectivity index (χ3v) is 5.76. The molecule has 0 radical (unpaired) electrons. The first kappa shape index (κ1) is 15.9. The third-order valence-electron chi connectivity index (χ3n) is 4.29. The van der Waals surface area contributed by atoms with Crippen LogP contribution in [0.2, 0.25) is 0 Å². The van der Waals surface area contributed by atoms with E-state index >= 15 is 0 Å². The van der Waals surface area contributed by atoms with Gasteiger partial charge in [0, 0.05) is 17.0 Å². The van der Waals surface area contributed by atoms with Crippen molar-refractivity contribution in [2.24, 2.45) is 0 Å². The van der Waals surface area contributed by atoms with Gasteiger partial charge in [0.1, 0.15) is 0 Å². The van der Waals surface area contributed by atoms with Crippen LogP contribution in [-0.2, 0) is 6.42 Å². The van der Waals surface area contributed by atoms with Crippen molar-refractivity contribution in [1.82, 2.24) is 5.32 Å². The van der Waals surface area contributed by atoms with Crippen LogP contribution in [-0.4, -0.2) is 18.1 Å². The second-order valence-corrected chi connectivity index (χ2v) is 7.26. The topological polar surface area (TPSA) is 12.0 Å². The van der Waals surface area contributed by atoms with Gasteiger partial charge >= 0.3 is 0 Å². The second kappa shape index (κ2) is 8.74. The monoisotopic (exact) mass is 291 g/mol. The summed E-state index contributed by atoms with van der Waals surface area (Å²) < 4.78 is 0. The molecule has 1 atom stereocenters. The summed E-state index contributed by atoms with van der Waals surface area (Å²) >= 11 is 2.18. The lowest BCUT2D eigenvalue weighted by Gasteiger charge is -2.24. The summed E-state index contributed by atoms with van der Waals surface area (Å²) in [6.07, 6.45) is 9.60. The van der Waals surface area contributed by atoms with E-state index in [0.717, 1.165) is 5.25 Å². The Balaban J connectivity index is 1.91. The molecule has 2 heteroatoms. The Kier molecular flexibility index (Phi) is 6.95. The molecule has 1 unspecified atom stereocenters. The number of hydrogen-bond acceptors (Lipinski definition) is 2. The van der Waals surface area contributed by atoms with Gasteiger partial charge in [0.2, 0.25) is 0 Å². The van der Waals surface area contributed by atoms with E-state index in [1.54, 1.807) is 0 Å². The van der Waals surface area contributed by atoms with Crippen LogP contribution in [0.1, 0.15) is 62.6 Å². The number of thioether (sulfide) groups is 1. The van der Waals surface area contributed by atoms with E-state index in [4.69, 9.17) is 0 Å². The third kappa shape index (κ3) is 4.82. The fourth-order valence-electron chi connectivity index (χ4n) is 3.06. The first-order valence-electron chi connectivity index (χ1n) is 8.21. The van der Waals surface area contributed by atoms with Gasteiger partial charge in [0.05, 0.1) is 0 Å². The van der Waals surface area contributed by atoms with Crippen LogP contribution >= 0.6 is 11.8 Å². The lowest BCUT2D eigenvalue weighted by atomic mass is 10.0. The van der Waals surface area contributed by atoms with Crippen LogP contribution in [0.3, 0.4) is 0 Å². The summed E-state index contributed by atoms with van der Waals surface area (Å²) in [6.45, 7) is 2.25. The fraction of sp³-hybridized carbons (Fsp3) is 0.667. The highest BCUT2D eigenvalue weighted by Gasteiger charge is 2.17. The molecule has 1 N–H and O–H groups in total. The van der Waals surface area contributed by atoms with Crippen LogP contribution in [0, 0.1) is 0 Å². The lowest BCUT2D eigenvalue weighted by molar-refractivity contribution is 0.514. The van der Waals surface area contributed by atoms with E-state index in [2.05, 4.69) is 55.3 Å². The molecule has 1 aliphatic rings. The average molecular weight is 292 g/mol. The molecule has 0 heterocycles. The van der Waals surface area contributed by atoms with Crippen LogP contribution in [0.4, 0.5) is 0 Å². The maximum Gasteiger partial charge on any atom is 0.0409 e. The highest BCUT2D eigenvalue weighted by Crippen LogP contribution is 2.31. The Bertz CT molecular complexity index is 385. The zero-order chi connectivity index (χ0) is 14.2. The van der Waals surface area contributed by atoms with Crippen molar-refractivity contribution in [1.29, 1.82) is 0 Å². The second-order valence-electron chi connectivity index (χ2n) is 5.93. The number of benzene rings is 1. The van der Waals surface area contributed by atoms with Gasteiger partial charge in [0.15, 0.2) is 0 Å². The van der Waals surface area contributed by atoms with Gasteiger partial charge < -0.3 is 5.32 Å². The van der Waals surface area contributed by atoms with Crippen LogP contribution < -0.4 is 5.32 Å². The fourth-order valence-corrected chi connectivity index (χ4v) is 4.55. The summed E-state index contributed by atoms with van der Waals surface area (Å²) in [6, 6.07) is 9.65. The summed E-state index contributed by atoms with van der Waals surface area (Å²) in [5, 5.41) is 4.41. The van der Waals surface area contributed by atoms with Crippen molar-refractivity contribution >= 4 is 11.8 Å². The molecular formula is C18H29NS. The molecule has 2 rings (SSSR count). The molecule has 1 fully saturated rings. The van der Waals surface area contributed by atoms with Crippen LogP contribution in [0.5, 0.6) is 0 Å². The molecule has 0 aromatic heterocycles. The van der Waals surface area contributed by atoms with E-state index in [-0.39, 0.29) is 0 Å². The number of rotatable bonds is 7. The van der Waals surface area contributed by atoms with E-state index < -0.39 is 0 Å². The zero-order valence-corrected chi connectivity index (χ0v) is 13.8. The van der Waals surface area contributed by atoms with Gasteiger partial charge in [-0.3, -0.25) is 0 Å². The number of nitrogens with one attached hydrogen (secondary N) is 1. The lowest BCUT2D eigenvalue weighted by Crippen LogP contribution is -2.21. The summed E-state index contributed by atoms with van der Waals surface area (Å²) in [5.74, 6) is 1.21. The van der Waals surface area contributed by atoms with Crippen LogP contribution in [0.25, 0.3) is 0 Å². The van der Waals surface area contributed by atoms with Crippen molar-refractivity contribution in [2.75, 3.05) is 12.8 Å². The molecule has 0 bridgehead atoms. The summed E-state index contributed by atoms with van der Waals surface area (Å²) in [7, 11) is 2.10. The molecular weight excluding hydrogens is 262 g/mol. The first-order chi connectivity index (χ1) is 9.83. The van der Waals surface area contributed by atoms with Crippen molar-refractivity contribution in [3.05, 3.63) is 35.4 Å². The molecule has 20 heavy (non-hydrogen) atoms. The minimum absolute atomic E-state index is 0.499. The van der Waals surface area contributed by atoms with Gasteiger partial charge in [-0.15, -0.1) is 0 Å². The molecule has 0 amide bonds. The summed E-state index contributed by atoms with van der Waals surface area (Å²) in [5.41, 5.74) is 2.94. The molecule has 0 aliphatic heterocycles. The number of hydrogen-bond donors (Lipinski definition) is 1. The standard InChI is InChI=1S/C18H29NS/c1-3-8-15-9-7-10-16(13-15)18(19-2)14-20-17-11-5-4-6-12-17/h7,9-10,13,17-19H,3-6,8,11-12,14H2,1-2H3. The molecule has 0 saturated heterocycles. The van der Waals surface area contributed by atoms with E-state index in [1.165, 1.54) is 61.8 Å². The number of aryl methyl sites for hydroxylation is 1. The normalized spacial score (nSPS) is 18.1. The molecule has 1 aromatic rings. The van der Waals surface area contributed by atoms with E-state index in [9.17, 15) is 0 Å². The predicted molar refractivity (Wildman–Crippen MR) is 91.6 cm³/mol. The molecule has 112 valence electrons. The van der Waals surface area contributed by atoms with Gasteiger partial charge in [0.25, 0.3) is 0 Å². The predicted octanol–water partition coefficient (Wildman–Crippen LogP) is 4.97. The molecule has 1 aliphatic carbocycles. The van der Waals surface area contributed by atoms with Crippen molar-refractivity contribution in [3.8, 4) is 0 Å². The Morgan fingerprint density at radius 2 is 2.05 bits per heavy atom. The Morgan fingerprint density at radius 1 is 1.25 bits per heavy atom. The first-order valence-corrected chi connectivity index (χ1v) is 9.26. The van der Waals surface area contributed by atoms with E-state index in [1.807, 2.05) is 0 Å². The molecule has 1 saturated carbocycles. The minimum Gasteiger partial charge on any atom is -0.312 e. The Hall–Kier alpha value is -0.470. The van der Waals surface area contributed by atoms with E-state index in [0.29, 0.717) is 6.04 Å². The van der Waals surface area contributed by atoms with Gasteiger partial charge in [-0.1, -0.05) is 56.9 Å². The van der Waals surface area contributed by atoms with Crippen molar-refractivity contribution < 1.29 is 0 Å². The molecule has 1 aromatic carbocycles. The van der Waals surface area contributed by atoms with Crippen LogP contribution in [0.15, 0.2) is 24.3 Å². The minimum atomic E-state index is 0.499. The SMILES string of the molecule is CCCc1cccc(C(CSC2CCCCC2)NC)c1. The zero-order valence-electron chi connectivity index (χ0n) is 13.0. The average Bonchev–Trinajstić information content (AvgIpc) is 2.50. The van der Waals surface area contributed by atoms with Gasteiger partial charge in [-0.2, -0.15) is 11.8 Å². The highest BCUT2D eigenvalue weighted by molar-refractivity contribution is 7.99.